The molecule has 1 aromatic heterocycles. The van der Waals surface area contributed by atoms with Gasteiger partial charge in [0, 0.05) is 6.61 Å². The lowest BCUT2D eigenvalue weighted by Gasteiger charge is -2.57. The Balaban J connectivity index is 1.31. The highest BCUT2D eigenvalue weighted by molar-refractivity contribution is 5.47. The lowest BCUT2D eigenvalue weighted by atomic mass is 9.48. The van der Waals surface area contributed by atoms with E-state index in [0.717, 1.165) is 36.5 Å². The van der Waals surface area contributed by atoms with E-state index in [4.69, 9.17) is 10.5 Å². The van der Waals surface area contributed by atoms with Crippen LogP contribution in [-0.2, 0) is 4.74 Å². The van der Waals surface area contributed by atoms with Gasteiger partial charge >= 0.3 is 0 Å². The van der Waals surface area contributed by atoms with Crippen LogP contribution in [0.5, 0.6) is 0 Å². The van der Waals surface area contributed by atoms with E-state index in [0.29, 0.717) is 41.8 Å². The van der Waals surface area contributed by atoms with Crippen molar-refractivity contribution in [2.75, 3.05) is 18.9 Å². The van der Waals surface area contributed by atoms with Gasteiger partial charge in [-0.25, -0.2) is 4.68 Å². The summed E-state index contributed by atoms with van der Waals surface area (Å²) in [4.78, 5) is 0. The predicted octanol–water partition coefficient (Wildman–Crippen LogP) is 4.93. The Morgan fingerprint density at radius 1 is 1.21 bits per heavy atom. The molecule has 0 saturated heterocycles. The van der Waals surface area contributed by atoms with Gasteiger partial charge in [-0.2, -0.15) is 10.4 Å². The zero-order valence-electron chi connectivity index (χ0n) is 20.7. The Morgan fingerprint density at radius 2 is 2.00 bits per heavy atom. The second-order valence-electron chi connectivity index (χ2n) is 12.0. The van der Waals surface area contributed by atoms with E-state index < -0.39 is 5.60 Å². The van der Waals surface area contributed by atoms with E-state index in [1.807, 2.05) is 11.6 Å². The largest absolute Gasteiger partial charge is 0.387 e. The van der Waals surface area contributed by atoms with E-state index in [2.05, 4.69) is 25.0 Å². The van der Waals surface area contributed by atoms with Crippen LogP contribution in [0, 0.1) is 52.3 Å². The van der Waals surface area contributed by atoms with Crippen molar-refractivity contribution in [3.8, 4) is 6.07 Å². The van der Waals surface area contributed by atoms with Crippen LogP contribution in [0.1, 0.15) is 90.2 Å². The molecule has 1 aromatic rings. The first-order chi connectivity index (χ1) is 15.8. The average molecular weight is 455 g/mol. The van der Waals surface area contributed by atoms with Crippen molar-refractivity contribution in [3.05, 3.63) is 11.8 Å². The van der Waals surface area contributed by atoms with E-state index in [1.54, 1.807) is 6.20 Å². The molecule has 6 heteroatoms. The standard InChI is InChI=1S/C27H42N4O2/c1-4-33-16-27(32)12-10-20-18(13-27)5-6-22-21(20)9-11-26(3)23(7-8-24(22)26)17(2)31-25(29)19(14-28)15-30-31/h15,17-18,20-24,32H,4-13,16,29H2,1-3H3/t17-,18-,20+,21-,22-,23-,24+,26-,27-/m1/s1. The van der Waals surface area contributed by atoms with Gasteiger partial charge in [-0.1, -0.05) is 6.92 Å². The first-order valence-electron chi connectivity index (χ1n) is 13.3. The highest BCUT2D eigenvalue weighted by Crippen LogP contribution is 2.66. The molecule has 4 aliphatic carbocycles. The molecule has 9 atom stereocenters. The summed E-state index contributed by atoms with van der Waals surface area (Å²) in [6.45, 7) is 8.00. The molecule has 0 spiro atoms. The minimum absolute atomic E-state index is 0.221. The molecule has 0 amide bonds. The van der Waals surface area contributed by atoms with Crippen LogP contribution in [0.15, 0.2) is 6.20 Å². The first kappa shape index (κ1) is 23.2. The van der Waals surface area contributed by atoms with Crippen molar-refractivity contribution in [2.24, 2.45) is 40.9 Å². The van der Waals surface area contributed by atoms with E-state index in [1.165, 1.54) is 44.9 Å². The number of aromatic nitrogens is 2. The van der Waals surface area contributed by atoms with Crippen molar-refractivity contribution in [3.63, 3.8) is 0 Å². The third kappa shape index (κ3) is 3.71. The van der Waals surface area contributed by atoms with Crippen molar-refractivity contribution in [1.82, 2.24) is 9.78 Å². The van der Waals surface area contributed by atoms with Gasteiger partial charge in [0.25, 0.3) is 0 Å². The summed E-state index contributed by atoms with van der Waals surface area (Å²) < 4.78 is 7.55. The van der Waals surface area contributed by atoms with Crippen LogP contribution in [0.4, 0.5) is 5.82 Å². The van der Waals surface area contributed by atoms with Crippen molar-refractivity contribution in [1.29, 1.82) is 5.26 Å². The SMILES string of the molecule is CCOC[C@@]1(O)CC[C@H]2[C@H](CC[C@@H]3[C@@H]2CC[C@]2(C)[C@@H]([C@@H](C)n4ncc(C#N)c4N)CC[C@@H]32)C1. The van der Waals surface area contributed by atoms with Crippen molar-refractivity contribution in [2.45, 2.75) is 90.2 Å². The molecule has 5 rings (SSSR count). The number of nitriles is 1. The minimum Gasteiger partial charge on any atom is -0.387 e. The van der Waals surface area contributed by atoms with Gasteiger partial charge in [-0.3, -0.25) is 0 Å². The summed E-state index contributed by atoms with van der Waals surface area (Å²) in [6.07, 6.45) is 12.4. The molecular formula is C27H42N4O2. The number of hydrogen-bond acceptors (Lipinski definition) is 5. The monoisotopic (exact) mass is 454 g/mol. The van der Waals surface area contributed by atoms with E-state index in [-0.39, 0.29) is 6.04 Å². The maximum Gasteiger partial charge on any atom is 0.140 e. The molecule has 4 aliphatic rings. The Labute approximate surface area is 198 Å². The summed E-state index contributed by atoms with van der Waals surface area (Å²) >= 11 is 0. The number of nitrogens with zero attached hydrogens (tertiary/aromatic N) is 3. The topological polar surface area (TPSA) is 97.1 Å². The molecule has 0 unspecified atom stereocenters. The second kappa shape index (κ2) is 8.57. The van der Waals surface area contributed by atoms with Gasteiger partial charge in [0.05, 0.1) is 24.4 Å². The fourth-order valence-corrected chi connectivity index (χ4v) is 9.17. The lowest BCUT2D eigenvalue weighted by molar-refractivity contribution is -0.129. The first-order valence-corrected chi connectivity index (χ1v) is 13.3. The molecule has 0 radical (unpaired) electrons. The second-order valence-corrected chi connectivity index (χ2v) is 12.0. The van der Waals surface area contributed by atoms with Gasteiger partial charge in [0.2, 0.25) is 0 Å². The minimum atomic E-state index is -0.604. The molecule has 33 heavy (non-hydrogen) atoms. The number of ether oxygens (including phenoxy) is 1. The maximum atomic E-state index is 11.1. The quantitative estimate of drug-likeness (QED) is 0.657. The zero-order chi connectivity index (χ0) is 23.4. The number of rotatable bonds is 5. The molecular weight excluding hydrogens is 412 g/mol. The maximum absolute atomic E-state index is 11.1. The number of fused-ring (bicyclic) bond motifs is 5. The van der Waals surface area contributed by atoms with Crippen LogP contribution in [-0.4, -0.2) is 33.7 Å². The van der Waals surface area contributed by atoms with Crippen LogP contribution >= 0.6 is 0 Å². The third-order valence-corrected chi connectivity index (χ3v) is 10.7. The fraction of sp³-hybridized carbons (Fsp3) is 0.852. The number of nitrogen functional groups attached to an aromatic ring is 1. The smallest absolute Gasteiger partial charge is 0.140 e. The summed E-state index contributed by atoms with van der Waals surface area (Å²) in [6, 6.07) is 2.39. The van der Waals surface area contributed by atoms with Gasteiger partial charge < -0.3 is 15.6 Å². The van der Waals surface area contributed by atoms with Gasteiger partial charge in [-0.05, 0) is 113 Å². The Kier molecular flexibility index (Phi) is 6.02. The van der Waals surface area contributed by atoms with E-state index >= 15 is 0 Å². The van der Waals surface area contributed by atoms with Gasteiger partial charge in [-0.15, -0.1) is 0 Å². The fourth-order valence-electron chi connectivity index (χ4n) is 9.17. The predicted molar refractivity (Wildman–Crippen MR) is 128 cm³/mol. The summed E-state index contributed by atoms with van der Waals surface area (Å²) in [7, 11) is 0. The zero-order valence-corrected chi connectivity index (χ0v) is 20.7. The highest BCUT2D eigenvalue weighted by atomic mass is 16.5. The molecule has 4 fully saturated rings. The lowest BCUT2D eigenvalue weighted by Crippen LogP contribution is -2.52. The molecule has 182 valence electrons. The third-order valence-electron chi connectivity index (χ3n) is 10.7. The highest BCUT2D eigenvalue weighted by Gasteiger charge is 2.58. The molecule has 0 aliphatic heterocycles. The number of hydrogen-bond donors (Lipinski definition) is 2. The number of aliphatic hydroxyl groups is 1. The average Bonchev–Trinajstić information content (AvgIpc) is 3.36. The molecule has 3 N–H and O–H groups in total. The van der Waals surface area contributed by atoms with Crippen molar-refractivity contribution >= 4 is 5.82 Å². The Morgan fingerprint density at radius 3 is 2.73 bits per heavy atom. The van der Waals surface area contributed by atoms with Crippen LogP contribution < -0.4 is 5.73 Å². The van der Waals surface area contributed by atoms with Gasteiger partial charge in [0.15, 0.2) is 0 Å². The van der Waals surface area contributed by atoms with Crippen LogP contribution in [0.25, 0.3) is 0 Å². The van der Waals surface area contributed by atoms with E-state index in [9.17, 15) is 10.4 Å². The summed E-state index contributed by atoms with van der Waals surface area (Å²) in [5.74, 6) is 4.95. The Bertz CT molecular complexity index is 908. The molecule has 1 heterocycles. The van der Waals surface area contributed by atoms with Crippen LogP contribution in [0.2, 0.25) is 0 Å². The Hall–Kier alpha value is -1.58. The summed E-state index contributed by atoms with van der Waals surface area (Å²) in [5.41, 5.74) is 6.48. The molecule has 6 nitrogen and oxygen atoms in total. The molecule has 0 bridgehead atoms. The van der Waals surface area contributed by atoms with Crippen molar-refractivity contribution < 1.29 is 9.84 Å². The number of anilines is 1. The van der Waals surface area contributed by atoms with Gasteiger partial charge in [0.1, 0.15) is 17.5 Å². The summed E-state index contributed by atoms with van der Waals surface area (Å²) in [5, 5.41) is 24.9. The molecule has 4 saturated carbocycles. The molecule has 0 aromatic carbocycles. The normalized spacial score (nSPS) is 43.2. The van der Waals surface area contributed by atoms with Crippen LogP contribution in [0.3, 0.4) is 0 Å². The number of nitrogens with two attached hydrogens (primary N) is 1.